The number of anilines is 1. The Labute approximate surface area is 225 Å². The molecule has 2 aliphatic heterocycles. The number of nitrogens with two attached hydrogens (primary N) is 1. The average molecular weight is 565 g/mol. The first-order valence-corrected chi connectivity index (χ1v) is 12.3. The molecule has 1 saturated heterocycles. The maximum atomic E-state index is 16.5. The molecule has 2 atom stereocenters. The molecular formula is C27H25F5N4O4. The van der Waals surface area contributed by atoms with Crippen LogP contribution in [0.3, 0.4) is 0 Å². The van der Waals surface area contributed by atoms with Crippen LogP contribution in [0.25, 0.3) is 16.8 Å². The molecule has 3 aromatic rings. The largest absolute Gasteiger partial charge is 0.454 e. The lowest BCUT2D eigenvalue weighted by Crippen LogP contribution is -2.55. The van der Waals surface area contributed by atoms with Crippen molar-refractivity contribution in [3.63, 3.8) is 0 Å². The van der Waals surface area contributed by atoms with Gasteiger partial charge < -0.3 is 20.1 Å². The van der Waals surface area contributed by atoms with Crippen LogP contribution in [-0.2, 0) is 6.18 Å². The molecular weight excluding hydrogens is 539 g/mol. The Balaban J connectivity index is 1.80. The number of hydrogen-bond donors (Lipinski definition) is 1. The van der Waals surface area contributed by atoms with E-state index in [1.165, 1.54) is 18.2 Å². The summed E-state index contributed by atoms with van der Waals surface area (Å²) in [6.07, 6.45) is -4.52. The van der Waals surface area contributed by atoms with E-state index in [1.54, 1.807) is 4.90 Å². The number of fused-ring (bicyclic) bond motifs is 1. The third-order valence-electron chi connectivity index (χ3n) is 7.40. The summed E-state index contributed by atoms with van der Waals surface area (Å²) in [5.74, 6) is -3.05. The van der Waals surface area contributed by atoms with Crippen molar-refractivity contribution in [1.82, 2.24) is 9.47 Å². The van der Waals surface area contributed by atoms with Gasteiger partial charge >= 0.3 is 6.18 Å². The van der Waals surface area contributed by atoms with E-state index in [0.29, 0.717) is 29.6 Å². The molecule has 40 heavy (non-hydrogen) atoms. The highest BCUT2D eigenvalue weighted by molar-refractivity contribution is 5.94. The summed E-state index contributed by atoms with van der Waals surface area (Å²) in [6.45, 7) is 4.34. The standard InChI is InChI=1S/C27H25F5N4O4/c1-13-9-35(10-14(2)34(13)3)19-8-18(28)23(15-4-5-20-21(6-15)40-12-39-20)24(29)25(19)36-11-16(26(33)38)17(7-22(36)37)27(30,31)32/h4-8,11,13-14H,9-10,12H2,1-3H3,(H2,33,38)/t13-,14+. The van der Waals surface area contributed by atoms with Gasteiger partial charge in [0.2, 0.25) is 6.79 Å². The highest BCUT2D eigenvalue weighted by atomic mass is 19.4. The van der Waals surface area contributed by atoms with Gasteiger partial charge in [-0.1, -0.05) is 6.07 Å². The molecule has 13 heteroatoms. The number of alkyl halides is 3. The second-order valence-corrected chi connectivity index (χ2v) is 9.92. The molecule has 5 rings (SSSR count). The lowest BCUT2D eigenvalue weighted by Gasteiger charge is -2.44. The van der Waals surface area contributed by atoms with Crippen molar-refractivity contribution >= 4 is 11.6 Å². The molecule has 8 nitrogen and oxygen atoms in total. The van der Waals surface area contributed by atoms with Crippen LogP contribution in [0.4, 0.5) is 27.6 Å². The van der Waals surface area contributed by atoms with Gasteiger partial charge in [0.15, 0.2) is 17.3 Å². The predicted molar refractivity (Wildman–Crippen MR) is 136 cm³/mol. The highest BCUT2D eigenvalue weighted by Gasteiger charge is 2.37. The Kier molecular flexibility index (Phi) is 6.73. The molecule has 3 heterocycles. The predicted octanol–water partition coefficient (Wildman–Crippen LogP) is 4.16. The molecule has 2 aliphatic rings. The number of benzene rings is 2. The Morgan fingerprint density at radius 1 is 1.02 bits per heavy atom. The Morgan fingerprint density at radius 3 is 2.30 bits per heavy atom. The van der Waals surface area contributed by atoms with Gasteiger partial charge in [-0.3, -0.25) is 19.1 Å². The molecule has 2 aromatic carbocycles. The summed E-state index contributed by atoms with van der Waals surface area (Å²) in [4.78, 5) is 28.9. The van der Waals surface area contributed by atoms with Crippen LogP contribution in [0.1, 0.15) is 29.8 Å². The summed E-state index contributed by atoms with van der Waals surface area (Å²) < 4.78 is 84.3. The number of piperazine rings is 1. The third kappa shape index (κ3) is 4.63. The molecule has 0 radical (unpaired) electrons. The van der Waals surface area contributed by atoms with Crippen molar-refractivity contribution in [3.05, 3.63) is 69.6 Å². The van der Waals surface area contributed by atoms with E-state index in [4.69, 9.17) is 15.2 Å². The minimum atomic E-state index is -5.08. The summed E-state index contributed by atoms with van der Waals surface area (Å²) in [5.41, 5.74) is 0.278. The number of carbonyl (C=O) groups excluding carboxylic acids is 1. The van der Waals surface area contributed by atoms with Crippen LogP contribution in [0.5, 0.6) is 11.5 Å². The number of primary amides is 1. The van der Waals surface area contributed by atoms with Gasteiger partial charge in [-0.25, -0.2) is 8.78 Å². The quantitative estimate of drug-likeness (QED) is 0.479. The van der Waals surface area contributed by atoms with Crippen LogP contribution in [0, 0.1) is 11.6 Å². The zero-order chi connectivity index (χ0) is 29.1. The van der Waals surface area contributed by atoms with Crippen LogP contribution >= 0.6 is 0 Å². The normalized spacial score (nSPS) is 19.2. The monoisotopic (exact) mass is 564 g/mol. The molecule has 0 bridgehead atoms. The van der Waals surface area contributed by atoms with Crippen molar-refractivity contribution in [2.45, 2.75) is 32.1 Å². The number of halogens is 5. The van der Waals surface area contributed by atoms with E-state index < -0.39 is 51.7 Å². The minimum absolute atomic E-state index is 0.0437. The molecule has 2 N–H and O–H groups in total. The van der Waals surface area contributed by atoms with Gasteiger partial charge in [-0.15, -0.1) is 0 Å². The van der Waals surface area contributed by atoms with Crippen LogP contribution in [0.2, 0.25) is 0 Å². The van der Waals surface area contributed by atoms with E-state index in [2.05, 4.69) is 4.90 Å². The number of likely N-dealkylation sites (N-methyl/N-ethyl adjacent to an activating group) is 1. The van der Waals surface area contributed by atoms with Gasteiger partial charge in [0.05, 0.1) is 22.4 Å². The summed E-state index contributed by atoms with van der Waals surface area (Å²) in [7, 11) is 1.90. The minimum Gasteiger partial charge on any atom is -0.454 e. The second-order valence-electron chi connectivity index (χ2n) is 9.92. The van der Waals surface area contributed by atoms with Gasteiger partial charge in [0, 0.05) is 43.5 Å². The Morgan fingerprint density at radius 2 is 1.68 bits per heavy atom. The lowest BCUT2D eigenvalue weighted by atomic mass is 9.99. The smallest absolute Gasteiger partial charge is 0.417 e. The Bertz CT molecular complexity index is 1560. The Hall–Kier alpha value is -4.13. The zero-order valence-electron chi connectivity index (χ0n) is 21.7. The van der Waals surface area contributed by atoms with Crippen molar-refractivity contribution in [1.29, 1.82) is 0 Å². The summed E-state index contributed by atoms with van der Waals surface area (Å²) >= 11 is 0. The molecule has 0 spiro atoms. The fourth-order valence-corrected chi connectivity index (χ4v) is 5.12. The van der Waals surface area contributed by atoms with Gasteiger partial charge in [0.25, 0.3) is 11.5 Å². The third-order valence-corrected chi connectivity index (χ3v) is 7.40. The molecule has 1 amide bonds. The molecule has 0 unspecified atom stereocenters. The number of ether oxygens (including phenoxy) is 2. The molecule has 0 saturated carbocycles. The van der Waals surface area contributed by atoms with E-state index >= 15 is 8.78 Å². The second kappa shape index (κ2) is 9.81. The van der Waals surface area contributed by atoms with Crippen molar-refractivity contribution in [2.75, 3.05) is 31.8 Å². The average Bonchev–Trinajstić information content (AvgIpc) is 3.34. The van der Waals surface area contributed by atoms with Gasteiger partial charge in [0.1, 0.15) is 11.5 Å². The number of rotatable bonds is 4. The number of carbonyl (C=O) groups is 1. The number of amides is 1. The molecule has 0 aliphatic carbocycles. The SMILES string of the molecule is C[C@@H]1CN(c2cc(F)c(-c3ccc4c(c3)OCO4)c(F)c2-n2cc(C(N)=O)c(C(F)(F)F)cc2=O)C[C@H](C)N1C. The summed E-state index contributed by atoms with van der Waals surface area (Å²) in [6, 6.07) is 5.30. The van der Waals surface area contributed by atoms with E-state index in [-0.39, 0.29) is 41.9 Å². The lowest BCUT2D eigenvalue weighted by molar-refractivity contribution is -0.138. The van der Waals surface area contributed by atoms with E-state index in [0.717, 1.165) is 6.07 Å². The fraction of sp³-hybridized carbons (Fsp3) is 0.333. The molecule has 1 fully saturated rings. The van der Waals surface area contributed by atoms with Crippen molar-refractivity contribution < 1.29 is 36.2 Å². The topological polar surface area (TPSA) is 90.0 Å². The number of nitrogens with zero attached hydrogens (tertiary/aromatic N) is 3. The first kappa shape index (κ1) is 27.4. The maximum absolute atomic E-state index is 16.5. The number of aromatic nitrogens is 1. The first-order chi connectivity index (χ1) is 18.8. The first-order valence-electron chi connectivity index (χ1n) is 12.3. The zero-order valence-corrected chi connectivity index (χ0v) is 21.7. The van der Waals surface area contributed by atoms with Crippen LogP contribution in [0.15, 0.2) is 41.3 Å². The van der Waals surface area contributed by atoms with Gasteiger partial charge in [-0.2, -0.15) is 13.2 Å². The van der Waals surface area contributed by atoms with Crippen LogP contribution < -0.4 is 25.7 Å². The number of pyridine rings is 1. The van der Waals surface area contributed by atoms with Gasteiger partial charge in [-0.05, 0) is 38.6 Å². The van der Waals surface area contributed by atoms with Crippen molar-refractivity contribution in [2.24, 2.45) is 5.73 Å². The fourth-order valence-electron chi connectivity index (χ4n) is 5.12. The maximum Gasteiger partial charge on any atom is 0.417 e. The van der Waals surface area contributed by atoms with Crippen molar-refractivity contribution in [3.8, 4) is 28.3 Å². The molecule has 1 aromatic heterocycles. The van der Waals surface area contributed by atoms with E-state index in [9.17, 15) is 22.8 Å². The van der Waals surface area contributed by atoms with Crippen LogP contribution in [-0.4, -0.2) is 54.4 Å². The summed E-state index contributed by atoms with van der Waals surface area (Å²) in [5, 5.41) is 0. The van der Waals surface area contributed by atoms with E-state index in [1.807, 2.05) is 20.9 Å². The highest BCUT2D eigenvalue weighted by Crippen LogP contribution is 2.42. The molecule has 212 valence electrons. The number of hydrogen-bond acceptors (Lipinski definition) is 6.